The molecule has 0 aromatic carbocycles. The number of hydrogen-bond donors (Lipinski definition) is 1. The van der Waals surface area contributed by atoms with Gasteiger partial charge < -0.3 is 10.6 Å². The van der Waals surface area contributed by atoms with E-state index in [2.05, 4.69) is 4.90 Å². The molecular weight excluding hydrogens is 188 g/mol. The van der Waals surface area contributed by atoms with Crippen LogP contribution in [0.1, 0.15) is 45.4 Å². The van der Waals surface area contributed by atoms with Gasteiger partial charge in [-0.05, 0) is 38.0 Å². The van der Waals surface area contributed by atoms with E-state index in [0.29, 0.717) is 6.04 Å². The maximum absolute atomic E-state index is 12.1. The van der Waals surface area contributed by atoms with Gasteiger partial charge in [0.05, 0.1) is 6.04 Å². The van der Waals surface area contributed by atoms with Gasteiger partial charge >= 0.3 is 0 Å². The van der Waals surface area contributed by atoms with Crippen molar-refractivity contribution in [3.05, 3.63) is 0 Å². The highest BCUT2D eigenvalue weighted by molar-refractivity contribution is 5.82. The summed E-state index contributed by atoms with van der Waals surface area (Å²) in [6, 6.07) is 0.244. The number of rotatable bonds is 2. The Morgan fingerprint density at radius 2 is 2.13 bits per heavy atom. The number of nitrogens with two attached hydrogens (primary N) is 1. The van der Waals surface area contributed by atoms with E-state index in [-0.39, 0.29) is 11.9 Å². The fourth-order valence-electron chi connectivity index (χ4n) is 3.12. The third-order valence-electron chi connectivity index (χ3n) is 4.03. The van der Waals surface area contributed by atoms with E-state index in [9.17, 15) is 4.79 Å². The molecule has 1 aliphatic carbocycles. The summed E-state index contributed by atoms with van der Waals surface area (Å²) in [5.41, 5.74) is 5.84. The molecule has 1 amide bonds. The zero-order valence-electron chi connectivity index (χ0n) is 9.61. The largest absolute Gasteiger partial charge is 0.338 e. The molecule has 1 aliphatic heterocycles. The molecule has 0 aromatic rings. The van der Waals surface area contributed by atoms with Gasteiger partial charge in [-0.3, -0.25) is 4.79 Å². The van der Waals surface area contributed by atoms with Crippen molar-refractivity contribution >= 4 is 5.91 Å². The second kappa shape index (κ2) is 4.52. The molecule has 0 spiro atoms. The monoisotopic (exact) mass is 210 g/mol. The number of piperidine rings is 1. The molecule has 1 saturated carbocycles. The third kappa shape index (κ3) is 2.03. The predicted molar refractivity (Wildman–Crippen MR) is 60.3 cm³/mol. The van der Waals surface area contributed by atoms with E-state index < -0.39 is 0 Å². The summed E-state index contributed by atoms with van der Waals surface area (Å²) < 4.78 is 0. The van der Waals surface area contributed by atoms with Crippen molar-refractivity contribution < 1.29 is 4.79 Å². The maximum atomic E-state index is 12.1. The van der Waals surface area contributed by atoms with E-state index in [4.69, 9.17) is 5.73 Å². The first-order valence-electron chi connectivity index (χ1n) is 6.30. The first-order valence-corrected chi connectivity index (χ1v) is 6.30. The van der Waals surface area contributed by atoms with Crippen molar-refractivity contribution in [2.75, 3.05) is 6.54 Å². The molecule has 0 bridgehead atoms. The summed E-state index contributed by atoms with van der Waals surface area (Å²) in [5, 5.41) is 0. The molecule has 1 heterocycles. The summed E-state index contributed by atoms with van der Waals surface area (Å²) in [4.78, 5) is 14.2. The van der Waals surface area contributed by atoms with E-state index >= 15 is 0 Å². The lowest BCUT2D eigenvalue weighted by molar-refractivity contribution is -0.137. The number of carbonyl (C=O) groups is 1. The molecule has 2 aliphatic rings. The molecule has 1 saturated heterocycles. The Morgan fingerprint density at radius 3 is 2.87 bits per heavy atom. The van der Waals surface area contributed by atoms with Crippen LogP contribution in [0.2, 0.25) is 0 Å². The van der Waals surface area contributed by atoms with Crippen LogP contribution in [-0.2, 0) is 4.79 Å². The normalized spacial score (nSPS) is 32.5. The number of fused-ring (bicyclic) bond motifs is 1. The fourth-order valence-corrected chi connectivity index (χ4v) is 3.12. The summed E-state index contributed by atoms with van der Waals surface area (Å²) in [5.74, 6) is 0.959. The SMILES string of the molecule is CCC(N)C(=O)N1CCCC2CCCC21. The van der Waals surface area contributed by atoms with Crippen LogP contribution < -0.4 is 5.73 Å². The number of hydrogen-bond acceptors (Lipinski definition) is 2. The topological polar surface area (TPSA) is 46.3 Å². The second-order valence-electron chi connectivity index (χ2n) is 4.95. The molecular formula is C12H22N2O. The van der Waals surface area contributed by atoms with E-state index in [1.54, 1.807) is 0 Å². The highest BCUT2D eigenvalue weighted by Crippen LogP contribution is 2.36. The van der Waals surface area contributed by atoms with Gasteiger partial charge in [-0.15, -0.1) is 0 Å². The lowest BCUT2D eigenvalue weighted by atomic mass is 9.91. The molecule has 3 heteroatoms. The van der Waals surface area contributed by atoms with Gasteiger partial charge in [0.25, 0.3) is 0 Å². The van der Waals surface area contributed by atoms with Crippen LogP contribution in [-0.4, -0.2) is 29.4 Å². The summed E-state index contributed by atoms with van der Waals surface area (Å²) in [6.07, 6.45) is 7.05. The lowest BCUT2D eigenvalue weighted by Crippen LogP contribution is -2.52. The van der Waals surface area contributed by atoms with Crippen LogP contribution >= 0.6 is 0 Å². The minimum atomic E-state index is -0.274. The van der Waals surface area contributed by atoms with E-state index in [1.165, 1.54) is 32.1 Å². The number of amides is 1. The summed E-state index contributed by atoms with van der Waals surface area (Å²) in [6.45, 7) is 2.92. The van der Waals surface area contributed by atoms with Crippen LogP contribution in [0.25, 0.3) is 0 Å². The first kappa shape index (κ1) is 10.9. The minimum absolute atomic E-state index is 0.189. The average Bonchev–Trinajstić information content (AvgIpc) is 2.74. The Balaban J connectivity index is 2.04. The highest BCUT2D eigenvalue weighted by Gasteiger charge is 2.38. The van der Waals surface area contributed by atoms with Crippen LogP contribution in [0.5, 0.6) is 0 Å². The summed E-state index contributed by atoms with van der Waals surface area (Å²) in [7, 11) is 0. The van der Waals surface area contributed by atoms with E-state index in [1.807, 2.05) is 6.92 Å². The van der Waals surface area contributed by atoms with Crippen molar-refractivity contribution in [2.45, 2.75) is 57.5 Å². The van der Waals surface area contributed by atoms with Crippen molar-refractivity contribution in [3.8, 4) is 0 Å². The van der Waals surface area contributed by atoms with Crippen LogP contribution in [0.15, 0.2) is 0 Å². The Kier molecular flexibility index (Phi) is 3.29. The van der Waals surface area contributed by atoms with Gasteiger partial charge in [0.15, 0.2) is 0 Å². The zero-order chi connectivity index (χ0) is 10.8. The number of nitrogens with zero attached hydrogens (tertiary/aromatic N) is 1. The Hall–Kier alpha value is -0.570. The molecule has 3 unspecified atom stereocenters. The van der Waals surface area contributed by atoms with Gasteiger partial charge in [-0.2, -0.15) is 0 Å². The van der Waals surface area contributed by atoms with Gasteiger partial charge in [0.1, 0.15) is 0 Å². The van der Waals surface area contributed by atoms with Crippen LogP contribution in [0, 0.1) is 5.92 Å². The van der Waals surface area contributed by atoms with Crippen LogP contribution in [0.4, 0.5) is 0 Å². The second-order valence-corrected chi connectivity index (χ2v) is 4.95. The zero-order valence-corrected chi connectivity index (χ0v) is 9.61. The molecule has 2 fully saturated rings. The average molecular weight is 210 g/mol. The Labute approximate surface area is 92.0 Å². The van der Waals surface area contributed by atoms with Gasteiger partial charge in [-0.1, -0.05) is 13.3 Å². The van der Waals surface area contributed by atoms with Gasteiger partial charge in [0.2, 0.25) is 5.91 Å². The quantitative estimate of drug-likeness (QED) is 0.751. The van der Waals surface area contributed by atoms with Crippen molar-refractivity contribution in [3.63, 3.8) is 0 Å². The molecule has 3 atom stereocenters. The Bertz CT molecular complexity index is 242. The van der Waals surface area contributed by atoms with Crippen molar-refractivity contribution in [1.82, 2.24) is 4.90 Å². The smallest absolute Gasteiger partial charge is 0.239 e. The molecule has 2 N–H and O–H groups in total. The van der Waals surface area contributed by atoms with Gasteiger partial charge in [-0.25, -0.2) is 0 Å². The standard InChI is InChI=1S/C12H22N2O/c1-2-10(13)12(15)14-8-4-6-9-5-3-7-11(9)14/h9-11H,2-8,13H2,1H3. The van der Waals surface area contributed by atoms with Crippen LogP contribution in [0.3, 0.4) is 0 Å². The van der Waals surface area contributed by atoms with E-state index in [0.717, 1.165) is 18.9 Å². The predicted octanol–water partition coefficient (Wildman–Crippen LogP) is 1.51. The minimum Gasteiger partial charge on any atom is -0.338 e. The van der Waals surface area contributed by atoms with Crippen molar-refractivity contribution in [2.24, 2.45) is 11.7 Å². The molecule has 2 rings (SSSR count). The maximum Gasteiger partial charge on any atom is 0.239 e. The highest BCUT2D eigenvalue weighted by atomic mass is 16.2. The molecule has 86 valence electrons. The third-order valence-corrected chi connectivity index (χ3v) is 4.03. The number of carbonyl (C=O) groups excluding carboxylic acids is 1. The Morgan fingerprint density at radius 1 is 1.40 bits per heavy atom. The molecule has 15 heavy (non-hydrogen) atoms. The fraction of sp³-hybridized carbons (Fsp3) is 0.917. The van der Waals surface area contributed by atoms with Crippen molar-refractivity contribution in [1.29, 1.82) is 0 Å². The number of likely N-dealkylation sites (tertiary alicyclic amines) is 1. The summed E-state index contributed by atoms with van der Waals surface area (Å²) >= 11 is 0. The lowest BCUT2D eigenvalue weighted by Gasteiger charge is -2.39. The van der Waals surface area contributed by atoms with Gasteiger partial charge in [0, 0.05) is 12.6 Å². The molecule has 0 aromatic heterocycles. The molecule has 0 radical (unpaired) electrons. The first-order chi connectivity index (χ1) is 7.24. The molecule has 3 nitrogen and oxygen atoms in total.